The largest absolute Gasteiger partial charge is 0.335 e. The van der Waals surface area contributed by atoms with Gasteiger partial charge >= 0.3 is 0 Å². The number of aromatic amines is 1. The van der Waals surface area contributed by atoms with Crippen LogP contribution in [0.5, 0.6) is 0 Å². The van der Waals surface area contributed by atoms with Gasteiger partial charge in [-0.05, 0) is 19.1 Å². The molecule has 0 atom stereocenters. The van der Waals surface area contributed by atoms with Crippen molar-refractivity contribution >= 4 is 12.2 Å². The summed E-state index contributed by atoms with van der Waals surface area (Å²) in [5, 5.41) is 7.61. The summed E-state index contributed by atoms with van der Waals surface area (Å²) < 4.78 is 4.53. The van der Waals surface area contributed by atoms with Gasteiger partial charge in [0.1, 0.15) is 0 Å². The van der Waals surface area contributed by atoms with Crippen molar-refractivity contribution in [2.45, 2.75) is 20.0 Å². The van der Waals surface area contributed by atoms with Crippen molar-refractivity contribution in [1.29, 1.82) is 0 Å². The molecule has 0 aromatic carbocycles. The van der Waals surface area contributed by atoms with Crippen molar-refractivity contribution < 1.29 is 0 Å². The summed E-state index contributed by atoms with van der Waals surface area (Å²) in [5.74, 6) is 0. The summed E-state index contributed by atoms with van der Waals surface area (Å²) in [5.41, 5.74) is 1.08. The van der Waals surface area contributed by atoms with Gasteiger partial charge in [0.25, 0.3) is 0 Å². The molecule has 0 aliphatic heterocycles. The quantitative estimate of drug-likeness (QED) is 0.771. The van der Waals surface area contributed by atoms with E-state index in [2.05, 4.69) is 15.3 Å². The fraction of sp³-hybridized carbons (Fsp3) is 0.375. The Labute approximate surface area is 86.4 Å². The molecule has 2 heterocycles. The molecule has 2 aromatic heterocycles. The zero-order chi connectivity index (χ0) is 9.97. The van der Waals surface area contributed by atoms with E-state index in [1.54, 1.807) is 10.9 Å². The number of aromatic nitrogens is 5. The summed E-state index contributed by atoms with van der Waals surface area (Å²) in [7, 11) is 0. The first-order valence-corrected chi connectivity index (χ1v) is 4.77. The van der Waals surface area contributed by atoms with Gasteiger partial charge in [0, 0.05) is 24.6 Å². The van der Waals surface area contributed by atoms with E-state index in [0.717, 1.165) is 23.6 Å². The van der Waals surface area contributed by atoms with Crippen LogP contribution < -0.4 is 0 Å². The Kier molecular flexibility index (Phi) is 2.45. The fourth-order valence-corrected chi connectivity index (χ4v) is 1.60. The minimum absolute atomic E-state index is 0.752. The van der Waals surface area contributed by atoms with E-state index >= 15 is 0 Å². The van der Waals surface area contributed by atoms with Gasteiger partial charge < -0.3 is 9.55 Å². The number of nitrogens with zero attached hydrogens (tertiary/aromatic N) is 4. The minimum Gasteiger partial charge on any atom is -0.335 e. The van der Waals surface area contributed by atoms with E-state index in [4.69, 9.17) is 12.2 Å². The molecule has 0 bridgehead atoms. The summed E-state index contributed by atoms with van der Waals surface area (Å²) in [6, 6.07) is 0. The Bertz CT molecular complexity index is 452. The first-order valence-electron chi connectivity index (χ1n) is 4.36. The van der Waals surface area contributed by atoms with E-state index in [1.807, 2.05) is 23.9 Å². The second-order valence-corrected chi connectivity index (χ2v) is 3.49. The standard InChI is InChI=1S/C8H11N5S/c1-7-6-12(8(14)10-7)4-5-13-3-2-9-11-13/h2-3,6H,4-5H2,1H3,(H,10,14). The molecule has 0 saturated heterocycles. The number of aryl methyl sites for hydroxylation is 3. The van der Waals surface area contributed by atoms with Crippen LogP contribution in [0.4, 0.5) is 0 Å². The summed E-state index contributed by atoms with van der Waals surface area (Å²) in [4.78, 5) is 3.07. The number of nitrogens with one attached hydrogen (secondary N) is 1. The summed E-state index contributed by atoms with van der Waals surface area (Å²) in [6.07, 6.45) is 5.50. The molecule has 0 amide bonds. The third kappa shape index (κ3) is 1.90. The Morgan fingerprint density at radius 2 is 2.36 bits per heavy atom. The Balaban J connectivity index is 2.05. The van der Waals surface area contributed by atoms with Gasteiger partial charge in [0.05, 0.1) is 12.7 Å². The Hall–Kier alpha value is -1.43. The Morgan fingerprint density at radius 1 is 1.50 bits per heavy atom. The minimum atomic E-state index is 0.752. The maximum atomic E-state index is 5.13. The molecule has 2 rings (SSSR count). The zero-order valence-corrected chi connectivity index (χ0v) is 8.66. The van der Waals surface area contributed by atoms with Crippen molar-refractivity contribution in [3.8, 4) is 0 Å². The van der Waals surface area contributed by atoms with Crippen LogP contribution in [0.1, 0.15) is 5.69 Å². The highest BCUT2D eigenvalue weighted by atomic mass is 32.1. The first kappa shape index (κ1) is 9.14. The number of hydrogen-bond donors (Lipinski definition) is 1. The topological polar surface area (TPSA) is 51.4 Å². The van der Waals surface area contributed by atoms with Crippen LogP contribution in [0.15, 0.2) is 18.6 Å². The molecular formula is C8H11N5S. The van der Waals surface area contributed by atoms with Crippen molar-refractivity contribution in [2.24, 2.45) is 0 Å². The second-order valence-electron chi connectivity index (χ2n) is 3.10. The van der Waals surface area contributed by atoms with E-state index in [0.29, 0.717) is 0 Å². The molecule has 74 valence electrons. The molecule has 0 saturated carbocycles. The van der Waals surface area contributed by atoms with Crippen LogP contribution in [-0.4, -0.2) is 24.5 Å². The average molecular weight is 209 g/mol. The maximum Gasteiger partial charge on any atom is 0.177 e. The highest BCUT2D eigenvalue weighted by Crippen LogP contribution is 1.97. The van der Waals surface area contributed by atoms with Gasteiger partial charge in [-0.1, -0.05) is 5.21 Å². The van der Waals surface area contributed by atoms with Gasteiger partial charge in [-0.3, -0.25) is 4.68 Å². The molecule has 0 aliphatic carbocycles. The Morgan fingerprint density at radius 3 is 2.93 bits per heavy atom. The molecule has 0 radical (unpaired) electrons. The van der Waals surface area contributed by atoms with E-state index in [1.165, 1.54) is 0 Å². The van der Waals surface area contributed by atoms with Gasteiger partial charge in [0.2, 0.25) is 0 Å². The monoisotopic (exact) mass is 209 g/mol. The third-order valence-electron chi connectivity index (χ3n) is 1.96. The van der Waals surface area contributed by atoms with Crippen LogP contribution in [-0.2, 0) is 13.1 Å². The lowest BCUT2D eigenvalue weighted by molar-refractivity contribution is 0.516. The van der Waals surface area contributed by atoms with Gasteiger partial charge in [-0.25, -0.2) is 0 Å². The molecule has 2 aromatic rings. The highest BCUT2D eigenvalue weighted by Gasteiger charge is 1.97. The normalized spacial score (nSPS) is 10.6. The first-order chi connectivity index (χ1) is 6.75. The number of H-pyrrole nitrogens is 1. The predicted molar refractivity (Wildman–Crippen MR) is 54.4 cm³/mol. The van der Waals surface area contributed by atoms with Crippen LogP contribution in [0, 0.1) is 11.7 Å². The van der Waals surface area contributed by atoms with E-state index in [9.17, 15) is 0 Å². The van der Waals surface area contributed by atoms with Crippen molar-refractivity contribution in [3.63, 3.8) is 0 Å². The molecule has 0 spiro atoms. The molecule has 0 fully saturated rings. The highest BCUT2D eigenvalue weighted by molar-refractivity contribution is 7.71. The number of hydrogen-bond acceptors (Lipinski definition) is 3. The van der Waals surface area contributed by atoms with E-state index < -0.39 is 0 Å². The van der Waals surface area contributed by atoms with Gasteiger partial charge in [-0.15, -0.1) is 5.10 Å². The van der Waals surface area contributed by atoms with Crippen LogP contribution in [0.3, 0.4) is 0 Å². The SMILES string of the molecule is Cc1cn(CCn2ccnn2)c(=S)[nH]1. The number of imidazole rings is 1. The van der Waals surface area contributed by atoms with Crippen LogP contribution in [0.2, 0.25) is 0 Å². The molecule has 1 N–H and O–H groups in total. The van der Waals surface area contributed by atoms with Gasteiger partial charge in [0.15, 0.2) is 4.77 Å². The molecule has 0 unspecified atom stereocenters. The fourth-order valence-electron chi connectivity index (χ4n) is 1.29. The molecule has 5 nitrogen and oxygen atoms in total. The zero-order valence-electron chi connectivity index (χ0n) is 7.84. The number of rotatable bonds is 3. The molecule has 0 aliphatic rings. The lowest BCUT2D eigenvalue weighted by Gasteiger charge is -2.01. The smallest absolute Gasteiger partial charge is 0.177 e. The van der Waals surface area contributed by atoms with E-state index in [-0.39, 0.29) is 0 Å². The lowest BCUT2D eigenvalue weighted by atomic mass is 10.5. The summed E-state index contributed by atoms with van der Waals surface area (Å²) >= 11 is 5.13. The molecule has 14 heavy (non-hydrogen) atoms. The predicted octanol–water partition coefficient (Wildman–Crippen LogP) is 1.15. The van der Waals surface area contributed by atoms with Crippen molar-refractivity contribution in [1.82, 2.24) is 24.5 Å². The molecule has 6 heteroatoms. The third-order valence-corrected chi connectivity index (χ3v) is 2.29. The lowest BCUT2D eigenvalue weighted by Crippen LogP contribution is -2.07. The molecular weight excluding hydrogens is 198 g/mol. The van der Waals surface area contributed by atoms with Crippen molar-refractivity contribution in [2.75, 3.05) is 0 Å². The van der Waals surface area contributed by atoms with Crippen molar-refractivity contribution in [3.05, 3.63) is 29.1 Å². The second kappa shape index (κ2) is 3.75. The van der Waals surface area contributed by atoms with Crippen LogP contribution >= 0.6 is 12.2 Å². The summed E-state index contributed by atoms with van der Waals surface area (Å²) in [6.45, 7) is 3.58. The maximum absolute atomic E-state index is 5.13. The van der Waals surface area contributed by atoms with Crippen LogP contribution in [0.25, 0.3) is 0 Å². The van der Waals surface area contributed by atoms with Gasteiger partial charge in [-0.2, -0.15) is 0 Å². The average Bonchev–Trinajstić information content (AvgIpc) is 2.72.